The van der Waals surface area contributed by atoms with Crippen LogP contribution in [0.25, 0.3) is 0 Å². The van der Waals surface area contributed by atoms with Crippen molar-refractivity contribution < 1.29 is 14.3 Å². The zero-order valence-corrected chi connectivity index (χ0v) is 11.2. The van der Waals surface area contributed by atoms with E-state index in [0.29, 0.717) is 12.8 Å². The van der Waals surface area contributed by atoms with Crippen molar-refractivity contribution >= 4 is 17.6 Å². The molecule has 0 unspecified atom stereocenters. The molecule has 0 heterocycles. The van der Waals surface area contributed by atoms with Crippen LogP contribution in [0.5, 0.6) is 0 Å². The molecule has 1 N–H and O–H groups in total. The molecule has 1 aliphatic carbocycles. The van der Waals surface area contributed by atoms with Gasteiger partial charge in [0.15, 0.2) is 0 Å². The zero-order chi connectivity index (χ0) is 13.5. The van der Waals surface area contributed by atoms with Crippen molar-refractivity contribution in [3.8, 4) is 0 Å². The SMILES string of the molecule is CC(C)c1cc(Cl)c(F)c(C2(C(=O)O)CCC2)c1. The fourth-order valence-corrected chi connectivity index (χ4v) is 2.65. The van der Waals surface area contributed by atoms with Gasteiger partial charge >= 0.3 is 5.97 Å². The van der Waals surface area contributed by atoms with Crippen LogP contribution in [0.2, 0.25) is 5.02 Å². The number of hydrogen-bond donors (Lipinski definition) is 1. The van der Waals surface area contributed by atoms with Gasteiger partial charge in [-0.15, -0.1) is 0 Å². The molecule has 18 heavy (non-hydrogen) atoms. The van der Waals surface area contributed by atoms with Crippen LogP contribution in [0.1, 0.15) is 50.2 Å². The predicted molar refractivity (Wildman–Crippen MR) is 68.7 cm³/mol. The lowest BCUT2D eigenvalue weighted by molar-refractivity contribution is -0.147. The highest BCUT2D eigenvalue weighted by molar-refractivity contribution is 6.31. The molecule has 1 aromatic carbocycles. The van der Waals surface area contributed by atoms with Gasteiger partial charge in [-0.2, -0.15) is 0 Å². The summed E-state index contributed by atoms with van der Waals surface area (Å²) in [4.78, 5) is 11.4. The van der Waals surface area contributed by atoms with Gasteiger partial charge in [0.2, 0.25) is 0 Å². The molecule has 0 spiro atoms. The monoisotopic (exact) mass is 270 g/mol. The minimum Gasteiger partial charge on any atom is -0.481 e. The van der Waals surface area contributed by atoms with E-state index in [1.165, 1.54) is 0 Å². The minimum absolute atomic E-state index is 0.0173. The Morgan fingerprint density at radius 3 is 2.44 bits per heavy atom. The summed E-state index contributed by atoms with van der Waals surface area (Å²) in [5.41, 5.74) is 0.0555. The van der Waals surface area contributed by atoms with Crippen LogP contribution in [0, 0.1) is 5.82 Å². The number of benzene rings is 1. The summed E-state index contributed by atoms with van der Waals surface area (Å²) in [5, 5.41) is 9.39. The summed E-state index contributed by atoms with van der Waals surface area (Å²) in [6.07, 6.45) is 1.78. The third kappa shape index (κ3) is 1.91. The van der Waals surface area contributed by atoms with Gasteiger partial charge < -0.3 is 5.11 Å². The Morgan fingerprint density at radius 2 is 2.06 bits per heavy atom. The molecule has 98 valence electrons. The second-order valence-electron chi connectivity index (χ2n) is 5.26. The Hall–Kier alpha value is -1.09. The van der Waals surface area contributed by atoms with Crippen LogP contribution in [0.3, 0.4) is 0 Å². The smallest absolute Gasteiger partial charge is 0.314 e. The molecule has 0 bridgehead atoms. The van der Waals surface area contributed by atoms with Gasteiger partial charge in [-0.3, -0.25) is 4.79 Å². The summed E-state index contributed by atoms with van der Waals surface area (Å²) in [5.74, 6) is -1.35. The third-order valence-corrected chi connectivity index (χ3v) is 4.12. The van der Waals surface area contributed by atoms with Crippen LogP contribution < -0.4 is 0 Å². The molecule has 0 aromatic heterocycles. The molecular formula is C14H16ClFO2. The Labute approximate surface area is 111 Å². The van der Waals surface area contributed by atoms with E-state index in [4.69, 9.17) is 11.6 Å². The van der Waals surface area contributed by atoms with E-state index in [9.17, 15) is 14.3 Å². The van der Waals surface area contributed by atoms with E-state index < -0.39 is 17.2 Å². The summed E-state index contributed by atoms with van der Waals surface area (Å²) in [6, 6.07) is 3.25. The number of hydrogen-bond acceptors (Lipinski definition) is 1. The average Bonchev–Trinajstić information content (AvgIpc) is 2.21. The number of carboxylic acids is 1. The first-order valence-electron chi connectivity index (χ1n) is 6.11. The molecule has 0 radical (unpaired) electrons. The highest BCUT2D eigenvalue weighted by Gasteiger charge is 2.48. The fourth-order valence-electron chi connectivity index (χ4n) is 2.42. The molecule has 1 fully saturated rings. The number of carbonyl (C=O) groups is 1. The quantitative estimate of drug-likeness (QED) is 0.897. The Bertz CT molecular complexity index is 493. The summed E-state index contributed by atoms with van der Waals surface area (Å²) in [6.45, 7) is 3.95. The van der Waals surface area contributed by atoms with Gasteiger partial charge in [0.05, 0.1) is 10.4 Å². The normalized spacial score (nSPS) is 17.6. The third-order valence-electron chi connectivity index (χ3n) is 3.85. The first kappa shape index (κ1) is 13.3. The van der Waals surface area contributed by atoms with Crippen LogP contribution >= 0.6 is 11.6 Å². The van der Waals surface area contributed by atoms with Crippen molar-refractivity contribution in [2.24, 2.45) is 0 Å². The molecule has 1 aliphatic rings. The molecular weight excluding hydrogens is 255 g/mol. The molecule has 1 saturated carbocycles. The van der Waals surface area contributed by atoms with Gasteiger partial charge in [-0.05, 0) is 30.4 Å². The van der Waals surface area contributed by atoms with Gasteiger partial charge in [0.1, 0.15) is 5.82 Å². The van der Waals surface area contributed by atoms with E-state index in [1.54, 1.807) is 12.1 Å². The van der Waals surface area contributed by atoms with Crippen molar-refractivity contribution in [3.63, 3.8) is 0 Å². The molecule has 0 saturated heterocycles. The molecule has 0 amide bonds. The first-order valence-corrected chi connectivity index (χ1v) is 6.49. The van der Waals surface area contributed by atoms with Crippen molar-refractivity contribution in [1.29, 1.82) is 0 Å². The highest BCUT2D eigenvalue weighted by Crippen LogP contribution is 2.46. The van der Waals surface area contributed by atoms with Crippen LogP contribution in [0.15, 0.2) is 12.1 Å². The fraction of sp³-hybridized carbons (Fsp3) is 0.500. The van der Waals surface area contributed by atoms with E-state index in [0.717, 1.165) is 12.0 Å². The maximum atomic E-state index is 14.1. The number of rotatable bonds is 3. The van der Waals surface area contributed by atoms with E-state index in [2.05, 4.69) is 0 Å². The van der Waals surface area contributed by atoms with Gasteiger partial charge in [0, 0.05) is 5.56 Å². The number of aliphatic carboxylic acids is 1. The highest BCUT2D eigenvalue weighted by atomic mass is 35.5. The maximum Gasteiger partial charge on any atom is 0.314 e. The van der Waals surface area contributed by atoms with Crippen LogP contribution in [-0.4, -0.2) is 11.1 Å². The minimum atomic E-state index is -1.07. The summed E-state index contributed by atoms with van der Waals surface area (Å²) >= 11 is 5.89. The molecule has 2 rings (SSSR count). The average molecular weight is 271 g/mol. The van der Waals surface area contributed by atoms with E-state index in [1.807, 2.05) is 13.8 Å². The summed E-state index contributed by atoms with van der Waals surface area (Å²) < 4.78 is 14.1. The van der Waals surface area contributed by atoms with Gasteiger partial charge in [-0.1, -0.05) is 37.9 Å². The second-order valence-corrected chi connectivity index (χ2v) is 5.67. The topological polar surface area (TPSA) is 37.3 Å². The van der Waals surface area contributed by atoms with Crippen LogP contribution in [-0.2, 0) is 10.2 Å². The lowest BCUT2D eigenvalue weighted by Gasteiger charge is -2.38. The van der Waals surface area contributed by atoms with Crippen molar-refractivity contribution in [1.82, 2.24) is 0 Å². The predicted octanol–water partition coefficient (Wildman–Crippen LogP) is 4.11. The molecule has 0 aliphatic heterocycles. The number of halogens is 2. The summed E-state index contributed by atoms with van der Waals surface area (Å²) in [7, 11) is 0. The van der Waals surface area contributed by atoms with Crippen LogP contribution in [0.4, 0.5) is 4.39 Å². The first-order chi connectivity index (χ1) is 8.38. The lowest BCUT2D eigenvalue weighted by Crippen LogP contribution is -2.43. The molecule has 0 atom stereocenters. The van der Waals surface area contributed by atoms with Gasteiger partial charge in [-0.25, -0.2) is 4.39 Å². The Morgan fingerprint density at radius 1 is 1.44 bits per heavy atom. The van der Waals surface area contributed by atoms with Crippen molar-refractivity contribution in [2.45, 2.75) is 44.4 Å². The lowest BCUT2D eigenvalue weighted by atomic mass is 9.64. The Balaban J connectivity index is 2.59. The number of carboxylic acid groups (broad SMARTS) is 1. The molecule has 2 nitrogen and oxygen atoms in total. The van der Waals surface area contributed by atoms with Crippen molar-refractivity contribution in [3.05, 3.63) is 34.1 Å². The van der Waals surface area contributed by atoms with E-state index in [-0.39, 0.29) is 16.5 Å². The molecule has 4 heteroatoms. The maximum absolute atomic E-state index is 14.1. The Kier molecular flexibility index (Phi) is 3.37. The van der Waals surface area contributed by atoms with E-state index >= 15 is 0 Å². The standard InChI is InChI=1S/C14H16ClFO2/c1-8(2)9-6-10(12(16)11(15)7-9)14(13(17)18)4-3-5-14/h6-8H,3-5H2,1-2H3,(H,17,18). The van der Waals surface area contributed by atoms with Crippen molar-refractivity contribution in [2.75, 3.05) is 0 Å². The van der Waals surface area contributed by atoms with Gasteiger partial charge in [0.25, 0.3) is 0 Å². The largest absolute Gasteiger partial charge is 0.481 e. The second kappa shape index (κ2) is 4.54. The molecule has 1 aromatic rings. The zero-order valence-electron chi connectivity index (χ0n) is 10.5.